The second-order valence-electron chi connectivity index (χ2n) is 7.36. The summed E-state index contributed by atoms with van der Waals surface area (Å²) in [5, 5.41) is 13.3. The third kappa shape index (κ3) is 3.67. The highest BCUT2D eigenvalue weighted by Gasteiger charge is 2.28. The van der Waals surface area contributed by atoms with Gasteiger partial charge in [0.2, 0.25) is 0 Å². The number of aromatic amines is 1. The maximum absolute atomic E-state index is 12.5. The van der Waals surface area contributed by atoms with Crippen molar-refractivity contribution in [3.8, 4) is 0 Å². The van der Waals surface area contributed by atoms with Crippen LogP contribution in [0.2, 0.25) is 0 Å². The summed E-state index contributed by atoms with van der Waals surface area (Å²) in [6, 6.07) is 4.02. The van der Waals surface area contributed by atoms with Crippen molar-refractivity contribution in [1.29, 1.82) is 0 Å². The van der Waals surface area contributed by atoms with Gasteiger partial charge in [-0.25, -0.2) is 9.78 Å². The van der Waals surface area contributed by atoms with Gasteiger partial charge in [0.15, 0.2) is 0 Å². The van der Waals surface area contributed by atoms with Gasteiger partial charge in [0, 0.05) is 42.5 Å². The lowest BCUT2D eigenvalue weighted by Gasteiger charge is -2.31. The number of pyridine rings is 1. The Kier molecular flexibility index (Phi) is 4.83. The van der Waals surface area contributed by atoms with Crippen LogP contribution in [-0.4, -0.2) is 51.1 Å². The van der Waals surface area contributed by atoms with Crippen LogP contribution >= 0.6 is 0 Å². The van der Waals surface area contributed by atoms with Gasteiger partial charge >= 0.3 is 12.0 Å². The first kappa shape index (κ1) is 17.6. The van der Waals surface area contributed by atoms with E-state index in [2.05, 4.69) is 27.4 Å². The molecule has 27 heavy (non-hydrogen) atoms. The molecule has 0 atom stereocenters. The average molecular weight is 368 g/mol. The van der Waals surface area contributed by atoms with Gasteiger partial charge in [0.05, 0.1) is 5.92 Å². The third-order valence-electron chi connectivity index (χ3n) is 5.70. The number of nitrogens with zero attached hydrogens (tertiary/aromatic N) is 2. The molecule has 2 aliphatic rings. The molecule has 7 nitrogen and oxygen atoms in total. The van der Waals surface area contributed by atoms with Gasteiger partial charge in [0.1, 0.15) is 5.65 Å². The number of amides is 2. The smallest absolute Gasteiger partial charge is 0.317 e. The molecular weight excluding hydrogens is 344 g/mol. The van der Waals surface area contributed by atoms with E-state index in [9.17, 15) is 9.59 Å². The van der Waals surface area contributed by atoms with E-state index in [0.29, 0.717) is 25.9 Å². The number of fused-ring (bicyclic) bond motifs is 1. The van der Waals surface area contributed by atoms with Crippen LogP contribution < -0.4 is 5.32 Å². The van der Waals surface area contributed by atoms with Gasteiger partial charge in [-0.2, -0.15) is 0 Å². The molecule has 7 heteroatoms. The molecule has 1 aliphatic heterocycles. The minimum atomic E-state index is -0.721. The number of carbonyl (C=O) groups excluding carboxylic acids is 1. The normalized spacial score (nSPS) is 23.1. The molecule has 3 heterocycles. The van der Waals surface area contributed by atoms with Crippen LogP contribution in [0, 0.1) is 5.92 Å². The first-order valence-corrected chi connectivity index (χ1v) is 9.51. The van der Waals surface area contributed by atoms with Crippen molar-refractivity contribution >= 4 is 28.6 Å². The number of nitrogens with one attached hydrogen (secondary N) is 2. The molecule has 0 spiro atoms. The standard InChI is InChI=1S/C20H24N4O3/c25-19(26)14-3-5-15(6-4-14)23-20(27)24-10-7-13(8-11-24)17-12-22-18-16(17)2-1-9-21-18/h1-2,7,9,12,14-15H,3-6,8,10-11H2,(H,21,22)(H,23,27)(H,25,26). The van der Waals surface area contributed by atoms with Crippen molar-refractivity contribution in [3.05, 3.63) is 36.2 Å². The number of hydrogen-bond acceptors (Lipinski definition) is 3. The van der Waals surface area contributed by atoms with Crippen LogP contribution in [0.15, 0.2) is 30.6 Å². The van der Waals surface area contributed by atoms with Gasteiger partial charge in [-0.3, -0.25) is 4.79 Å². The first-order valence-electron chi connectivity index (χ1n) is 9.51. The van der Waals surface area contributed by atoms with Crippen molar-refractivity contribution in [3.63, 3.8) is 0 Å². The molecule has 4 rings (SSSR count). The molecule has 0 unspecified atom stereocenters. The van der Waals surface area contributed by atoms with E-state index >= 15 is 0 Å². The van der Waals surface area contributed by atoms with E-state index in [1.807, 2.05) is 17.2 Å². The molecule has 2 aromatic heterocycles. The molecule has 0 aromatic carbocycles. The van der Waals surface area contributed by atoms with Gasteiger partial charge in [-0.15, -0.1) is 0 Å². The van der Waals surface area contributed by atoms with E-state index in [1.54, 1.807) is 6.20 Å². The summed E-state index contributed by atoms with van der Waals surface area (Å²) in [6.07, 6.45) is 9.42. The minimum absolute atomic E-state index is 0.0512. The van der Waals surface area contributed by atoms with Crippen LogP contribution in [0.3, 0.4) is 0 Å². The van der Waals surface area contributed by atoms with E-state index in [-0.39, 0.29) is 18.0 Å². The molecule has 1 aliphatic carbocycles. The Morgan fingerprint density at radius 2 is 2.07 bits per heavy atom. The van der Waals surface area contributed by atoms with Crippen LogP contribution in [0.5, 0.6) is 0 Å². The molecule has 1 fully saturated rings. The zero-order valence-electron chi connectivity index (χ0n) is 15.1. The number of H-pyrrole nitrogens is 1. The van der Waals surface area contributed by atoms with E-state index in [1.165, 1.54) is 5.57 Å². The molecule has 2 amide bonds. The predicted molar refractivity (Wildman–Crippen MR) is 102 cm³/mol. The predicted octanol–water partition coefficient (Wildman–Crippen LogP) is 3.01. The molecule has 3 N–H and O–H groups in total. The molecule has 1 saturated carbocycles. The summed E-state index contributed by atoms with van der Waals surface area (Å²) >= 11 is 0. The number of hydrogen-bond donors (Lipinski definition) is 3. The summed E-state index contributed by atoms with van der Waals surface area (Å²) in [4.78, 5) is 32.9. The molecule has 0 bridgehead atoms. The Balaban J connectivity index is 1.34. The summed E-state index contributed by atoms with van der Waals surface area (Å²) in [5.74, 6) is -0.981. The number of rotatable bonds is 3. The number of carboxylic acids is 1. The van der Waals surface area contributed by atoms with Crippen LogP contribution in [0.25, 0.3) is 16.6 Å². The lowest BCUT2D eigenvalue weighted by Crippen LogP contribution is -2.47. The second kappa shape index (κ2) is 7.42. The molecule has 142 valence electrons. The fourth-order valence-corrected chi connectivity index (χ4v) is 4.07. The largest absolute Gasteiger partial charge is 0.481 e. The van der Waals surface area contributed by atoms with E-state index < -0.39 is 5.97 Å². The van der Waals surface area contributed by atoms with E-state index in [0.717, 1.165) is 35.9 Å². The van der Waals surface area contributed by atoms with E-state index in [4.69, 9.17) is 5.11 Å². The Morgan fingerprint density at radius 3 is 2.78 bits per heavy atom. The molecular formula is C20H24N4O3. The van der Waals surface area contributed by atoms with Crippen LogP contribution in [-0.2, 0) is 4.79 Å². The topological polar surface area (TPSA) is 98.3 Å². The Labute approximate surface area is 157 Å². The Hall–Kier alpha value is -2.83. The van der Waals surface area contributed by atoms with Crippen LogP contribution in [0.4, 0.5) is 4.79 Å². The highest BCUT2D eigenvalue weighted by Crippen LogP contribution is 2.29. The zero-order chi connectivity index (χ0) is 18.8. The highest BCUT2D eigenvalue weighted by atomic mass is 16.4. The van der Waals surface area contributed by atoms with Gasteiger partial charge in [-0.1, -0.05) is 6.08 Å². The van der Waals surface area contributed by atoms with Gasteiger partial charge in [-0.05, 0) is 49.8 Å². The Morgan fingerprint density at radius 1 is 1.26 bits per heavy atom. The highest BCUT2D eigenvalue weighted by molar-refractivity contribution is 5.91. The quantitative estimate of drug-likeness (QED) is 0.775. The number of aliphatic carboxylic acids is 1. The SMILES string of the molecule is O=C(O)C1CCC(NC(=O)N2CC=C(c3c[nH]c4ncccc34)CC2)CC1. The van der Waals surface area contributed by atoms with Crippen LogP contribution in [0.1, 0.15) is 37.7 Å². The number of carbonyl (C=O) groups is 2. The third-order valence-corrected chi connectivity index (χ3v) is 5.70. The van der Waals surface area contributed by atoms with Gasteiger partial charge < -0.3 is 20.3 Å². The molecule has 2 aromatic rings. The van der Waals surface area contributed by atoms with Crippen molar-refractivity contribution < 1.29 is 14.7 Å². The lowest BCUT2D eigenvalue weighted by molar-refractivity contribution is -0.142. The van der Waals surface area contributed by atoms with Crippen molar-refractivity contribution in [1.82, 2.24) is 20.2 Å². The first-order chi connectivity index (χ1) is 13.1. The maximum Gasteiger partial charge on any atom is 0.317 e. The summed E-state index contributed by atoms with van der Waals surface area (Å²) in [5.41, 5.74) is 3.27. The number of aromatic nitrogens is 2. The summed E-state index contributed by atoms with van der Waals surface area (Å²) in [7, 11) is 0. The lowest BCUT2D eigenvalue weighted by atomic mass is 9.86. The summed E-state index contributed by atoms with van der Waals surface area (Å²) in [6.45, 7) is 1.26. The Bertz CT molecular complexity index is 880. The fraction of sp³-hybridized carbons (Fsp3) is 0.450. The van der Waals surface area contributed by atoms with Crippen molar-refractivity contribution in [2.45, 2.75) is 38.1 Å². The number of carboxylic acid groups (broad SMARTS) is 1. The molecule has 0 radical (unpaired) electrons. The van der Waals surface area contributed by atoms with Gasteiger partial charge in [0.25, 0.3) is 0 Å². The number of urea groups is 1. The maximum atomic E-state index is 12.5. The van der Waals surface area contributed by atoms with Crippen molar-refractivity contribution in [2.75, 3.05) is 13.1 Å². The monoisotopic (exact) mass is 368 g/mol. The minimum Gasteiger partial charge on any atom is -0.481 e. The summed E-state index contributed by atoms with van der Waals surface area (Å²) < 4.78 is 0. The average Bonchev–Trinajstić information content (AvgIpc) is 3.12. The second-order valence-corrected chi connectivity index (χ2v) is 7.36. The fourth-order valence-electron chi connectivity index (χ4n) is 4.07. The molecule has 0 saturated heterocycles. The van der Waals surface area contributed by atoms with Crippen molar-refractivity contribution in [2.24, 2.45) is 5.92 Å². The zero-order valence-corrected chi connectivity index (χ0v) is 15.1.